The van der Waals surface area contributed by atoms with Crippen LogP contribution in [0.3, 0.4) is 0 Å². The summed E-state index contributed by atoms with van der Waals surface area (Å²) in [6, 6.07) is 8.02. The molecule has 0 spiro atoms. The minimum Gasteiger partial charge on any atom is -0.454 e. The van der Waals surface area contributed by atoms with Gasteiger partial charge in [-0.1, -0.05) is 17.7 Å². The molecule has 3 aromatic rings. The van der Waals surface area contributed by atoms with Crippen LogP contribution in [0.1, 0.15) is 15.2 Å². The van der Waals surface area contributed by atoms with Gasteiger partial charge in [-0.2, -0.15) is 0 Å². The van der Waals surface area contributed by atoms with Crippen molar-refractivity contribution in [3.8, 4) is 11.5 Å². The Labute approximate surface area is 145 Å². The fraction of sp³-hybridized carbons (Fsp3) is 0.118. The monoisotopic (exact) mass is 363 g/mol. The zero-order chi connectivity index (χ0) is 16.8. The highest BCUT2D eigenvalue weighted by Gasteiger charge is 2.21. The van der Waals surface area contributed by atoms with Gasteiger partial charge in [-0.15, -0.1) is 11.3 Å². The molecule has 1 aliphatic heterocycles. The van der Waals surface area contributed by atoms with Crippen LogP contribution in [-0.2, 0) is 0 Å². The Morgan fingerprint density at radius 3 is 2.79 bits per heavy atom. The molecular weight excluding hydrogens is 353 g/mol. The van der Waals surface area contributed by atoms with Crippen LogP contribution in [0.25, 0.3) is 10.1 Å². The molecule has 0 bridgehead atoms. The number of anilines is 1. The van der Waals surface area contributed by atoms with E-state index in [0.717, 1.165) is 4.70 Å². The van der Waals surface area contributed by atoms with E-state index in [2.05, 4.69) is 5.32 Å². The summed E-state index contributed by atoms with van der Waals surface area (Å²) in [5.74, 6) is 0.391. The number of amides is 1. The fourth-order valence-electron chi connectivity index (χ4n) is 2.66. The first kappa shape index (κ1) is 15.2. The molecule has 0 fully saturated rings. The Hall–Kier alpha value is -2.31. The molecule has 2 aromatic carbocycles. The average Bonchev–Trinajstić information content (AvgIpc) is 3.12. The summed E-state index contributed by atoms with van der Waals surface area (Å²) in [6.07, 6.45) is 0. The summed E-state index contributed by atoms with van der Waals surface area (Å²) in [4.78, 5) is 13.1. The normalized spacial score (nSPS) is 12.6. The highest BCUT2D eigenvalue weighted by Crippen LogP contribution is 2.40. The lowest BCUT2D eigenvalue weighted by Crippen LogP contribution is -2.11. The molecule has 7 heteroatoms. The Kier molecular flexibility index (Phi) is 3.58. The number of fused-ring (bicyclic) bond motifs is 2. The van der Waals surface area contributed by atoms with Crippen LogP contribution in [0.4, 0.5) is 10.1 Å². The molecule has 0 radical (unpaired) electrons. The van der Waals surface area contributed by atoms with E-state index in [9.17, 15) is 9.18 Å². The molecule has 122 valence electrons. The van der Waals surface area contributed by atoms with Gasteiger partial charge in [0.05, 0.1) is 15.6 Å². The van der Waals surface area contributed by atoms with E-state index in [-0.39, 0.29) is 18.5 Å². The van der Waals surface area contributed by atoms with Gasteiger partial charge < -0.3 is 14.8 Å². The third-order valence-electron chi connectivity index (χ3n) is 3.82. The molecule has 1 aliphatic rings. The molecule has 0 atom stereocenters. The number of ether oxygens (including phenoxy) is 2. The Bertz CT molecular complexity index is 986. The maximum absolute atomic E-state index is 14.0. The highest BCUT2D eigenvalue weighted by atomic mass is 35.5. The minimum atomic E-state index is -0.339. The molecule has 1 N–H and O–H groups in total. The summed E-state index contributed by atoms with van der Waals surface area (Å²) in [5.41, 5.74) is 1.03. The third kappa shape index (κ3) is 2.39. The van der Waals surface area contributed by atoms with E-state index in [1.54, 1.807) is 31.2 Å². The second kappa shape index (κ2) is 5.65. The summed E-state index contributed by atoms with van der Waals surface area (Å²) >= 11 is 7.42. The standard InChI is InChI=1S/C17H11ClFNO3S/c1-8-15-10(19)3-2-4-14(15)24-16(8)17(21)20-11-6-13-12(5-9(11)18)22-7-23-13/h2-6H,7H2,1H3,(H,20,21). The lowest BCUT2D eigenvalue weighted by molar-refractivity contribution is 0.103. The quantitative estimate of drug-likeness (QED) is 0.698. The molecule has 0 saturated carbocycles. The van der Waals surface area contributed by atoms with Crippen LogP contribution in [0.5, 0.6) is 11.5 Å². The van der Waals surface area contributed by atoms with Crippen molar-refractivity contribution in [2.75, 3.05) is 12.1 Å². The summed E-state index contributed by atoms with van der Waals surface area (Å²) in [7, 11) is 0. The maximum Gasteiger partial charge on any atom is 0.266 e. The van der Waals surface area contributed by atoms with Crippen LogP contribution in [-0.4, -0.2) is 12.7 Å². The zero-order valence-corrected chi connectivity index (χ0v) is 14.1. The van der Waals surface area contributed by atoms with Gasteiger partial charge >= 0.3 is 0 Å². The average molecular weight is 364 g/mol. The number of hydrogen-bond acceptors (Lipinski definition) is 4. The predicted octanol–water partition coefficient (Wildman–Crippen LogP) is 4.98. The molecule has 1 amide bonds. The van der Waals surface area contributed by atoms with E-state index >= 15 is 0 Å². The van der Waals surface area contributed by atoms with Gasteiger partial charge in [0, 0.05) is 22.2 Å². The van der Waals surface area contributed by atoms with Crippen molar-refractivity contribution in [2.24, 2.45) is 0 Å². The first-order chi connectivity index (χ1) is 11.5. The summed E-state index contributed by atoms with van der Waals surface area (Å²) in [6.45, 7) is 1.86. The lowest BCUT2D eigenvalue weighted by atomic mass is 10.1. The predicted molar refractivity (Wildman–Crippen MR) is 92.0 cm³/mol. The largest absolute Gasteiger partial charge is 0.454 e. The topological polar surface area (TPSA) is 47.6 Å². The number of nitrogens with one attached hydrogen (secondary N) is 1. The van der Waals surface area contributed by atoms with Gasteiger partial charge in [-0.3, -0.25) is 4.79 Å². The number of rotatable bonds is 2. The van der Waals surface area contributed by atoms with Crippen molar-refractivity contribution in [3.05, 3.63) is 51.6 Å². The number of halogens is 2. The molecule has 0 aliphatic carbocycles. The van der Waals surface area contributed by atoms with E-state index in [0.29, 0.717) is 38.0 Å². The second-order valence-corrected chi connectivity index (χ2v) is 6.77. The van der Waals surface area contributed by atoms with Gasteiger partial charge in [-0.05, 0) is 24.6 Å². The van der Waals surface area contributed by atoms with Crippen LogP contribution in [0, 0.1) is 12.7 Å². The first-order valence-electron chi connectivity index (χ1n) is 7.12. The van der Waals surface area contributed by atoms with Gasteiger partial charge in [0.2, 0.25) is 6.79 Å². The van der Waals surface area contributed by atoms with Crippen molar-refractivity contribution < 1.29 is 18.7 Å². The van der Waals surface area contributed by atoms with E-state index < -0.39 is 0 Å². The van der Waals surface area contributed by atoms with E-state index in [1.165, 1.54) is 17.4 Å². The molecule has 4 rings (SSSR count). The number of benzene rings is 2. The first-order valence-corrected chi connectivity index (χ1v) is 8.32. The Morgan fingerprint density at radius 2 is 2.04 bits per heavy atom. The van der Waals surface area contributed by atoms with Crippen LogP contribution in [0.2, 0.25) is 5.02 Å². The van der Waals surface area contributed by atoms with Crippen molar-refractivity contribution in [2.45, 2.75) is 6.92 Å². The Morgan fingerprint density at radius 1 is 1.29 bits per heavy atom. The molecule has 0 saturated heterocycles. The molecule has 4 nitrogen and oxygen atoms in total. The summed E-state index contributed by atoms with van der Waals surface area (Å²) in [5, 5.41) is 3.58. The number of carbonyl (C=O) groups excluding carboxylic acids is 1. The van der Waals surface area contributed by atoms with Crippen molar-refractivity contribution in [1.82, 2.24) is 0 Å². The SMILES string of the molecule is Cc1c(C(=O)Nc2cc3c(cc2Cl)OCO3)sc2cccc(F)c12. The molecular formula is C17H11ClFNO3S. The van der Waals surface area contributed by atoms with Gasteiger partial charge in [0.1, 0.15) is 5.82 Å². The molecule has 2 heterocycles. The third-order valence-corrected chi connectivity index (χ3v) is 5.39. The van der Waals surface area contributed by atoms with Crippen molar-refractivity contribution in [1.29, 1.82) is 0 Å². The van der Waals surface area contributed by atoms with Crippen LogP contribution >= 0.6 is 22.9 Å². The molecule has 0 unspecified atom stereocenters. The van der Waals surface area contributed by atoms with Gasteiger partial charge in [0.25, 0.3) is 5.91 Å². The van der Waals surface area contributed by atoms with Crippen molar-refractivity contribution in [3.63, 3.8) is 0 Å². The summed E-state index contributed by atoms with van der Waals surface area (Å²) < 4.78 is 25.2. The number of carbonyl (C=O) groups is 1. The van der Waals surface area contributed by atoms with E-state index in [1.807, 2.05) is 0 Å². The van der Waals surface area contributed by atoms with Gasteiger partial charge in [-0.25, -0.2) is 4.39 Å². The highest BCUT2D eigenvalue weighted by molar-refractivity contribution is 7.21. The lowest BCUT2D eigenvalue weighted by Gasteiger charge is -2.08. The smallest absolute Gasteiger partial charge is 0.266 e. The minimum absolute atomic E-state index is 0.123. The van der Waals surface area contributed by atoms with Gasteiger partial charge in [0.15, 0.2) is 11.5 Å². The number of thiophene rings is 1. The Balaban J connectivity index is 1.70. The fourth-order valence-corrected chi connectivity index (χ4v) is 3.98. The van der Waals surface area contributed by atoms with Crippen molar-refractivity contribution >= 4 is 44.6 Å². The molecule has 1 aromatic heterocycles. The van der Waals surface area contributed by atoms with Crippen LogP contribution in [0.15, 0.2) is 30.3 Å². The second-order valence-electron chi connectivity index (χ2n) is 5.31. The maximum atomic E-state index is 14.0. The van der Waals surface area contributed by atoms with E-state index in [4.69, 9.17) is 21.1 Å². The molecule has 24 heavy (non-hydrogen) atoms. The number of hydrogen-bond donors (Lipinski definition) is 1. The van der Waals surface area contributed by atoms with Crippen LogP contribution < -0.4 is 14.8 Å². The zero-order valence-electron chi connectivity index (χ0n) is 12.5. The number of aryl methyl sites for hydroxylation is 1.